The van der Waals surface area contributed by atoms with Crippen molar-refractivity contribution in [3.63, 3.8) is 0 Å². The zero-order valence-corrected chi connectivity index (χ0v) is 27.3. The first-order valence-corrected chi connectivity index (χ1v) is 17.2. The molecule has 1 aliphatic rings. The number of halogens is 3. The van der Waals surface area contributed by atoms with E-state index in [-0.39, 0.29) is 45.5 Å². The lowest BCUT2D eigenvalue weighted by molar-refractivity contribution is -0.140. The van der Waals surface area contributed by atoms with Gasteiger partial charge >= 0.3 is 0 Å². The molecule has 4 aromatic rings. The molecule has 1 fully saturated rings. The van der Waals surface area contributed by atoms with Gasteiger partial charge in [-0.15, -0.1) is 0 Å². The maximum absolute atomic E-state index is 14.5. The maximum Gasteiger partial charge on any atom is 0.264 e. The average molecular weight is 683 g/mol. The fraction of sp³-hybridized carbons (Fsp3) is 0.257. The van der Waals surface area contributed by atoms with Crippen molar-refractivity contribution in [1.29, 1.82) is 0 Å². The van der Waals surface area contributed by atoms with E-state index in [0.717, 1.165) is 35.6 Å². The van der Waals surface area contributed by atoms with Crippen molar-refractivity contribution in [1.82, 2.24) is 10.2 Å². The summed E-state index contributed by atoms with van der Waals surface area (Å²) in [7, 11) is -4.28. The Morgan fingerprint density at radius 2 is 1.46 bits per heavy atom. The van der Waals surface area contributed by atoms with Crippen LogP contribution in [0.3, 0.4) is 0 Å². The van der Waals surface area contributed by atoms with E-state index < -0.39 is 34.3 Å². The molecule has 1 atom stereocenters. The molecule has 0 aromatic heterocycles. The summed E-state index contributed by atoms with van der Waals surface area (Å²) in [5, 5.41) is 3.46. The molecular weight excluding hydrogens is 648 g/mol. The molecule has 0 aliphatic heterocycles. The predicted molar refractivity (Wildman–Crippen MR) is 179 cm³/mol. The van der Waals surface area contributed by atoms with E-state index in [0.29, 0.717) is 5.56 Å². The smallest absolute Gasteiger partial charge is 0.264 e. The Kier molecular flexibility index (Phi) is 11.0. The summed E-state index contributed by atoms with van der Waals surface area (Å²) in [5.74, 6) is -1.41. The van der Waals surface area contributed by atoms with Crippen LogP contribution in [0.25, 0.3) is 0 Å². The van der Waals surface area contributed by atoms with Gasteiger partial charge in [-0.25, -0.2) is 12.8 Å². The normalized spacial score (nSPS) is 14.1. The number of nitrogens with one attached hydrogen (secondary N) is 1. The summed E-state index contributed by atoms with van der Waals surface area (Å²) in [4.78, 5) is 29.9. The largest absolute Gasteiger partial charge is 0.352 e. The van der Waals surface area contributed by atoms with Gasteiger partial charge in [-0.1, -0.05) is 96.7 Å². The predicted octanol–water partition coefficient (Wildman–Crippen LogP) is 7.03. The van der Waals surface area contributed by atoms with Crippen LogP contribution in [0.1, 0.15) is 36.8 Å². The van der Waals surface area contributed by atoms with Gasteiger partial charge in [0.15, 0.2) is 0 Å². The van der Waals surface area contributed by atoms with Crippen molar-refractivity contribution in [2.24, 2.45) is 0 Å². The minimum absolute atomic E-state index is 0.0142. The highest BCUT2D eigenvalue weighted by molar-refractivity contribution is 7.92. The van der Waals surface area contributed by atoms with Crippen molar-refractivity contribution in [2.75, 3.05) is 10.8 Å². The van der Waals surface area contributed by atoms with Gasteiger partial charge in [0, 0.05) is 19.0 Å². The number of benzene rings is 4. The lowest BCUT2D eigenvalue weighted by Gasteiger charge is -2.34. The molecule has 2 amide bonds. The van der Waals surface area contributed by atoms with Gasteiger partial charge in [0.1, 0.15) is 18.4 Å². The molecule has 4 aromatic carbocycles. The fourth-order valence-corrected chi connectivity index (χ4v) is 7.32. The monoisotopic (exact) mass is 681 g/mol. The number of nitrogens with zero attached hydrogens (tertiary/aromatic N) is 2. The van der Waals surface area contributed by atoms with Crippen molar-refractivity contribution < 1.29 is 22.4 Å². The molecule has 0 radical (unpaired) electrons. The van der Waals surface area contributed by atoms with Crippen molar-refractivity contribution >= 4 is 50.7 Å². The highest BCUT2D eigenvalue weighted by atomic mass is 35.5. The maximum atomic E-state index is 14.5. The van der Waals surface area contributed by atoms with Crippen LogP contribution in [0, 0.1) is 5.82 Å². The van der Waals surface area contributed by atoms with E-state index in [1.165, 1.54) is 47.4 Å². The van der Waals surface area contributed by atoms with E-state index in [1.807, 2.05) is 30.3 Å². The zero-order chi connectivity index (χ0) is 32.7. The minimum Gasteiger partial charge on any atom is -0.352 e. The summed E-state index contributed by atoms with van der Waals surface area (Å²) < 4.78 is 43.0. The number of anilines is 1. The lowest BCUT2D eigenvalue weighted by atomic mass is 10.0. The van der Waals surface area contributed by atoms with Crippen LogP contribution in [0.15, 0.2) is 108 Å². The summed E-state index contributed by atoms with van der Waals surface area (Å²) in [5.41, 5.74) is 1.53. The standard InChI is InChI=1S/C35H34Cl2FN3O4S/c36-31-20-19-29(22-32(31)37)41(46(44,45)30-13-5-2-6-14-30)24-34(42)40(23-26-15-17-27(38)18-16-26)33(21-25-9-3-1-4-10-25)35(43)39-28-11-7-8-12-28/h1-6,9-10,13-20,22,28,33H,7-8,11-12,21,23-24H2,(H,39,43)/t33-/m1/s1. The molecule has 5 rings (SSSR count). The second-order valence-electron chi connectivity index (χ2n) is 11.3. The van der Waals surface area contributed by atoms with Crippen LogP contribution in [-0.2, 0) is 32.6 Å². The van der Waals surface area contributed by atoms with Gasteiger partial charge in [-0.3, -0.25) is 13.9 Å². The first-order valence-electron chi connectivity index (χ1n) is 15.0. The minimum atomic E-state index is -4.28. The molecule has 1 N–H and O–H groups in total. The molecular formula is C35H34Cl2FN3O4S. The van der Waals surface area contributed by atoms with Crippen molar-refractivity contribution in [3.05, 3.63) is 130 Å². The van der Waals surface area contributed by atoms with Crippen LogP contribution in [0.5, 0.6) is 0 Å². The number of amides is 2. The highest BCUT2D eigenvalue weighted by Crippen LogP contribution is 2.31. The Labute approximate surface area is 279 Å². The zero-order valence-electron chi connectivity index (χ0n) is 25.0. The highest BCUT2D eigenvalue weighted by Gasteiger charge is 2.35. The van der Waals surface area contributed by atoms with Gasteiger partial charge in [-0.2, -0.15) is 0 Å². The third-order valence-electron chi connectivity index (χ3n) is 8.04. The van der Waals surface area contributed by atoms with Gasteiger partial charge in [0.25, 0.3) is 10.0 Å². The van der Waals surface area contributed by atoms with E-state index in [2.05, 4.69) is 5.32 Å². The van der Waals surface area contributed by atoms with Crippen molar-refractivity contribution in [3.8, 4) is 0 Å². The number of hydrogen-bond acceptors (Lipinski definition) is 4. The number of rotatable bonds is 12. The molecule has 0 unspecified atom stereocenters. The van der Waals surface area contributed by atoms with Gasteiger partial charge in [0.05, 0.1) is 20.6 Å². The van der Waals surface area contributed by atoms with Crippen LogP contribution in [0.2, 0.25) is 10.0 Å². The fourth-order valence-electron chi connectivity index (χ4n) is 5.60. The first-order chi connectivity index (χ1) is 22.1. The topological polar surface area (TPSA) is 86.8 Å². The van der Waals surface area contributed by atoms with Crippen LogP contribution in [-0.4, -0.2) is 43.8 Å². The van der Waals surface area contributed by atoms with E-state index in [4.69, 9.17) is 23.2 Å². The molecule has 7 nitrogen and oxygen atoms in total. The quantitative estimate of drug-likeness (QED) is 0.174. The molecule has 240 valence electrons. The second kappa shape index (κ2) is 15.1. The third kappa shape index (κ3) is 8.26. The number of sulfonamides is 1. The Hall–Kier alpha value is -3.92. The summed E-state index contributed by atoms with van der Waals surface area (Å²) >= 11 is 12.5. The Balaban J connectivity index is 1.57. The van der Waals surface area contributed by atoms with E-state index >= 15 is 0 Å². The summed E-state index contributed by atoms with van der Waals surface area (Å²) in [6, 6.07) is 26.0. The van der Waals surface area contributed by atoms with Gasteiger partial charge < -0.3 is 10.2 Å². The van der Waals surface area contributed by atoms with Crippen LogP contribution >= 0.6 is 23.2 Å². The lowest BCUT2D eigenvalue weighted by Crippen LogP contribution is -2.54. The molecule has 0 bridgehead atoms. The Morgan fingerprint density at radius 1 is 0.826 bits per heavy atom. The SMILES string of the molecule is O=C(NC1CCCC1)[C@@H](Cc1ccccc1)N(Cc1ccc(F)cc1)C(=O)CN(c1ccc(Cl)c(Cl)c1)S(=O)(=O)c1ccccc1. The van der Waals surface area contributed by atoms with Crippen LogP contribution < -0.4 is 9.62 Å². The molecule has 0 spiro atoms. The molecule has 46 heavy (non-hydrogen) atoms. The average Bonchev–Trinajstić information content (AvgIpc) is 3.57. The Morgan fingerprint density at radius 3 is 2.09 bits per heavy atom. The molecule has 0 saturated heterocycles. The van der Waals surface area contributed by atoms with Gasteiger partial charge in [0.2, 0.25) is 11.8 Å². The van der Waals surface area contributed by atoms with Crippen molar-refractivity contribution in [2.45, 2.75) is 55.6 Å². The number of hydrogen-bond donors (Lipinski definition) is 1. The number of carbonyl (C=O) groups excluding carboxylic acids is 2. The first kappa shape index (κ1) is 33.4. The Bertz CT molecular complexity index is 1750. The van der Waals surface area contributed by atoms with E-state index in [1.54, 1.807) is 30.3 Å². The van der Waals surface area contributed by atoms with Gasteiger partial charge in [-0.05, 0) is 66.4 Å². The number of carbonyl (C=O) groups is 2. The molecule has 1 saturated carbocycles. The van der Waals surface area contributed by atoms with Crippen LogP contribution in [0.4, 0.5) is 10.1 Å². The van der Waals surface area contributed by atoms with E-state index in [9.17, 15) is 22.4 Å². The molecule has 11 heteroatoms. The molecule has 1 aliphatic carbocycles. The second-order valence-corrected chi connectivity index (χ2v) is 13.9. The summed E-state index contributed by atoms with van der Waals surface area (Å²) in [6.07, 6.45) is 3.88. The third-order valence-corrected chi connectivity index (χ3v) is 10.6. The summed E-state index contributed by atoms with van der Waals surface area (Å²) in [6.45, 7) is -0.701. The molecule has 0 heterocycles.